The van der Waals surface area contributed by atoms with Gasteiger partial charge in [0.2, 0.25) is 0 Å². The molecular formula is C14H31N. The maximum Gasteiger partial charge on any atom is -0.00721 e. The molecule has 92 valence electrons. The first-order chi connectivity index (χ1) is 7.18. The van der Waals surface area contributed by atoms with Crippen LogP contribution in [0, 0.1) is 5.41 Å². The lowest BCUT2D eigenvalue weighted by Gasteiger charge is -2.29. The monoisotopic (exact) mass is 213 g/mol. The third kappa shape index (κ3) is 7.84. The summed E-state index contributed by atoms with van der Waals surface area (Å²) in [6.45, 7) is 7.84. The highest BCUT2D eigenvalue weighted by Gasteiger charge is 2.21. The van der Waals surface area contributed by atoms with E-state index in [0.29, 0.717) is 5.41 Å². The minimum absolute atomic E-state index is 0.526. The summed E-state index contributed by atoms with van der Waals surface area (Å²) >= 11 is 0. The van der Waals surface area contributed by atoms with Gasteiger partial charge in [-0.15, -0.1) is 0 Å². The van der Waals surface area contributed by atoms with Crippen molar-refractivity contribution in [2.75, 3.05) is 6.54 Å². The van der Waals surface area contributed by atoms with Crippen molar-refractivity contribution in [2.45, 2.75) is 78.6 Å². The van der Waals surface area contributed by atoms with E-state index in [1.54, 1.807) is 0 Å². The van der Waals surface area contributed by atoms with Gasteiger partial charge in [-0.05, 0) is 31.2 Å². The zero-order valence-corrected chi connectivity index (χ0v) is 11.1. The van der Waals surface area contributed by atoms with E-state index in [1.165, 1.54) is 57.8 Å². The van der Waals surface area contributed by atoms with Gasteiger partial charge in [0.05, 0.1) is 0 Å². The lowest BCUT2D eigenvalue weighted by molar-refractivity contribution is 0.237. The average Bonchev–Trinajstić information content (AvgIpc) is 2.22. The summed E-state index contributed by atoms with van der Waals surface area (Å²) in [5.41, 5.74) is 6.24. The zero-order chi connectivity index (χ0) is 11.6. The van der Waals surface area contributed by atoms with Crippen LogP contribution in [0.15, 0.2) is 0 Å². The van der Waals surface area contributed by atoms with E-state index in [-0.39, 0.29) is 0 Å². The van der Waals surface area contributed by atoms with E-state index in [1.807, 2.05) is 0 Å². The van der Waals surface area contributed by atoms with Gasteiger partial charge in [0.25, 0.3) is 0 Å². The van der Waals surface area contributed by atoms with Gasteiger partial charge < -0.3 is 5.73 Å². The minimum atomic E-state index is 0.526. The lowest BCUT2D eigenvalue weighted by atomic mass is 9.77. The second kappa shape index (κ2) is 9.21. The van der Waals surface area contributed by atoms with E-state index in [2.05, 4.69) is 20.8 Å². The Hall–Kier alpha value is -0.0400. The SMILES string of the molecule is CCCCCCC(C)(CCN)CCCC. The Labute approximate surface area is 96.8 Å². The minimum Gasteiger partial charge on any atom is -0.330 e. The second-order valence-electron chi connectivity index (χ2n) is 5.26. The van der Waals surface area contributed by atoms with Gasteiger partial charge in [-0.1, -0.05) is 59.3 Å². The quantitative estimate of drug-likeness (QED) is 0.531. The summed E-state index contributed by atoms with van der Waals surface area (Å²) in [6.07, 6.45) is 12.2. The molecule has 0 aromatic heterocycles. The van der Waals surface area contributed by atoms with Crippen LogP contribution in [0.4, 0.5) is 0 Å². The fraction of sp³-hybridized carbons (Fsp3) is 1.00. The van der Waals surface area contributed by atoms with Crippen LogP contribution in [-0.4, -0.2) is 6.54 Å². The summed E-state index contributed by atoms with van der Waals surface area (Å²) < 4.78 is 0. The van der Waals surface area contributed by atoms with Crippen LogP contribution in [0.5, 0.6) is 0 Å². The van der Waals surface area contributed by atoms with Gasteiger partial charge in [-0.2, -0.15) is 0 Å². The first-order valence-corrected chi connectivity index (χ1v) is 6.88. The van der Waals surface area contributed by atoms with E-state index in [4.69, 9.17) is 5.73 Å². The van der Waals surface area contributed by atoms with Gasteiger partial charge in [-0.25, -0.2) is 0 Å². The first kappa shape index (κ1) is 15.0. The number of nitrogens with two attached hydrogens (primary N) is 1. The molecule has 1 nitrogen and oxygen atoms in total. The summed E-state index contributed by atoms with van der Waals surface area (Å²) in [7, 11) is 0. The smallest absolute Gasteiger partial charge is 0.00721 e. The van der Waals surface area contributed by atoms with Crippen molar-refractivity contribution in [3.8, 4) is 0 Å². The predicted molar refractivity (Wildman–Crippen MR) is 70.1 cm³/mol. The Morgan fingerprint density at radius 3 is 1.93 bits per heavy atom. The number of hydrogen-bond donors (Lipinski definition) is 1. The van der Waals surface area contributed by atoms with Crippen molar-refractivity contribution in [3.05, 3.63) is 0 Å². The van der Waals surface area contributed by atoms with Crippen LogP contribution in [0.25, 0.3) is 0 Å². The van der Waals surface area contributed by atoms with Crippen molar-refractivity contribution in [1.29, 1.82) is 0 Å². The molecule has 0 rings (SSSR count). The molecule has 0 saturated heterocycles. The van der Waals surface area contributed by atoms with Crippen LogP contribution >= 0.6 is 0 Å². The predicted octanol–water partition coefficient (Wildman–Crippen LogP) is 4.50. The molecule has 0 saturated carbocycles. The molecule has 0 aliphatic carbocycles. The Kier molecular flexibility index (Phi) is 9.18. The largest absolute Gasteiger partial charge is 0.330 e. The van der Waals surface area contributed by atoms with Crippen molar-refractivity contribution in [1.82, 2.24) is 0 Å². The molecule has 0 aliphatic rings. The van der Waals surface area contributed by atoms with Crippen LogP contribution < -0.4 is 5.73 Å². The average molecular weight is 213 g/mol. The Morgan fingerprint density at radius 1 is 0.800 bits per heavy atom. The van der Waals surface area contributed by atoms with Crippen LogP contribution in [0.1, 0.15) is 78.6 Å². The molecule has 1 atom stereocenters. The summed E-state index contributed by atoms with van der Waals surface area (Å²) in [6, 6.07) is 0. The molecule has 0 bridgehead atoms. The fourth-order valence-electron chi connectivity index (χ4n) is 2.31. The van der Waals surface area contributed by atoms with Crippen molar-refractivity contribution in [2.24, 2.45) is 11.1 Å². The van der Waals surface area contributed by atoms with E-state index >= 15 is 0 Å². The molecule has 15 heavy (non-hydrogen) atoms. The number of rotatable bonds is 10. The standard InChI is InChI=1S/C14H31N/c1-4-6-8-9-11-14(3,12-13-15)10-7-5-2/h4-13,15H2,1-3H3. The summed E-state index contributed by atoms with van der Waals surface area (Å²) in [5, 5.41) is 0. The van der Waals surface area contributed by atoms with E-state index in [9.17, 15) is 0 Å². The molecule has 0 aliphatic heterocycles. The first-order valence-electron chi connectivity index (χ1n) is 6.88. The van der Waals surface area contributed by atoms with Crippen molar-refractivity contribution >= 4 is 0 Å². The molecule has 0 fully saturated rings. The van der Waals surface area contributed by atoms with Gasteiger partial charge in [0.1, 0.15) is 0 Å². The number of hydrogen-bond acceptors (Lipinski definition) is 1. The molecule has 0 radical (unpaired) electrons. The zero-order valence-electron chi connectivity index (χ0n) is 11.1. The molecular weight excluding hydrogens is 182 g/mol. The molecule has 2 N–H and O–H groups in total. The van der Waals surface area contributed by atoms with Gasteiger partial charge in [0.15, 0.2) is 0 Å². The topological polar surface area (TPSA) is 26.0 Å². The molecule has 0 spiro atoms. The van der Waals surface area contributed by atoms with Gasteiger partial charge >= 0.3 is 0 Å². The highest BCUT2D eigenvalue weighted by molar-refractivity contribution is 4.74. The molecule has 0 aromatic carbocycles. The lowest BCUT2D eigenvalue weighted by Crippen LogP contribution is -2.21. The Balaban J connectivity index is 3.78. The third-order valence-electron chi connectivity index (χ3n) is 3.52. The summed E-state index contributed by atoms with van der Waals surface area (Å²) in [5.74, 6) is 0. The molecule has 0 aromatic rings. The van der Waals surface area contributed by atoms with E-state index in [0.717, 1.165) is 6.54 Å². The highest BCUT2D eigenvalue weighted by Crippen LogP contribution is 2.33. The van der Waals surface area contributed by atoms with Crippen molar-refractivity contribution < 1.29 is 0 Å². The third-order valence-corrected chi connectivity index (χ3v) is 3.52. The van der Waals surface area contributed by atoms with Crippen molar-refractivity contribution in [3.63, 3.8) is 0 Å². The van der Waals surface area contributed by atoms with Crippen LogP contribution in [0.3, 0.4) is 0 Å². The van der Waals surface area contributed by atoms with Crippen LogP contribution in [-0.2, 0) is 0 Å². The Morgan fingerprint density at radius 2 is 1.40 bits per heavy atom. The molecule has 0 heterocycles. The maximum atomic E-state index is 5.72. The second-order valence-corrected chi connectivity index (χ2v) is 5.26. The van der Waals surface area contributed by atoms with Gasteiger partial charge in [0, 0.05) is 0 Å². The Bertz CT molecular complexity index is 133. The fourth-order valence-corrected chi connectivity index (χ4v) is 2.31. The van der Waals surface area contributed by atoms with Crippen LogP contribution in [0.2, 0.25) is 0 Å². The summed E-state index contributed by atoms with van der Waals surface area (Å²) in [4.78, 5) is 0. The molecule has 0 amide bonds. The maximum absolute atomic E-state index is 5.72. The molecule has 1 unspecified atom stereocenters. The van der Waals surface area contributed by atoms with E-state index < -0.39 is 0 Å². The van der Waals surface area contributed by atoms with Gasteiger partial charge in [-0.3, -0.25) is 0 Å². The highest BCUT2D eigenvalue weighted by atomic mass is 14.5. The number of unbranched alkanes of at least 4 members (excludes halogenated alkanes) is 4. The normalized spacial score (nSPS) is 15.2. The molecule has 1 heteroatoms.